The molecule has 0 fully saturated rings. The zero-order valence-electron chi connectivity index (χ0n) is 13.1. The largest absolute Gasteiger partial charge is 0.332 e. The van der Waals surface area contributed by atoms with Gasteiger partial charge in [-0.3, -0.25) is 4.68 Å². The number of hydrogen-bond acceptors (Lipinski definition) is 2. The van der Waals surface area contributed by atoms with Crippen LogP contribution in [0.4, 0.5) is 15.9 Å². The molecule has 0 unspecified atom stereocenters. The van der Waals surface area contributed by atoms with Crippen molar-refractivity contribution in [2.75, 3.05) is 10.6 Å². The second kappa shape index (κ2) is 8.22. The molecule has 0 amide bonds. The summed E-state index contributed by atoms with van der Waals surface area (Å²) in [4.78, 5) is 0. The second-order valence-electron chi connectivity index (χ2n) is 5.36. The van der Waals surface area contributed by atoms with Crippen molar-refractivity contribution >= 4 is 63.6 Å². The van der Waals surface area contributed by atoms with Crippen molar-refractivity contribution in [1.29, 1.82) is 0 Å². The Hall–Kier alpha value is -1.86. The smallest absolute Gasteiger partial charge is 0.176 e. The predicted octanol–water partition coefficient (Wildman–Crippen LogP) is 5.84. The molecule has 0 saturated carbocycles. The van der Waals surface area contributed by atoms with E-state index in [9.17, 15) is 4.39 Å². The number of aromatic nitrogens is 2. The van der Waals surface area contributed by atoms with Gasteiger partial charge in [0.1, 0.15) is 10.8 Å². The first-order chi connectivity index (χ1) is 12.4. The lowest BCUT2D eigenvalue weighted by Crippen LogP contribution is -2.19. The molecule has 2 N–H and O–H groups in total. The van der Waals surface area contributed by atoms with Crippen LogP contribution in [0.5, 0.6) is 0 Å². The second-order valence-corrected chi connectivity index (χ2v) is 6.99. The molecule has 3 aromatic rings. The summed E-state index contributed by atoms with van der Waals surface area (Å²) in [6.45, 7) is 0.381. The maximum absolute atomic E-state index is 13.3. The normalized spacial score (nSPS) is 10.6. The van der Waals surface area contributed by atoms with Gasteiger partial charge in [-0.2, -0.15) is 5.10 Å². The number of anilines is 2. The van der Waals surface area contributed by atoms with Crippen LogP contribution in [0.1, 0.15) is 5.56 Å². The monoisotopic (exact) mass is 428 g/mol. The fraction of sp³-hybridized carbons (Fsp3) is 0.0588. The molecule has 0 aliphatic rings. The standard InChI is InChI=1S/C17H12Cl3FN4S/c18-13-5-4-12(7-14(13)19)22-17(26)23-16-15(20)9-25(24-16)8-10-2-1-3-11(21)6-10/h1-7,9H,8H2,(H2,22,23,24,26). The molecule has 0 bridgehead atoms. The Morgan fingerprint density at radius 2 is 1.85 bits per heavy atom. The third-order valence-electron chi connectivity index (χ3n) is 3.36. The van der Waals surface area contributed by atoms with Crippen LogP contribution >= 0.6 is 47.0 Å². The highest BCUT2D eigenvalue weighted by atomic mass is 35.5. The lowest BCUT2D eigenvalue weighted by atomic mass is 10.2. The molecule has 26 heavy (non-hydrogen) atoms. The first-order valence-corrected chi connectivity index (χ1v) is 8.95. The Labute approximate surface area is 169 Å². The number of rotatable bonds is 4. The fourth-order valence-electron chi connectivity index (χ4n) is 2.23. The summed E-state index contributed by atoms with van der Waals surface area (Å²) < 4.78 is 14.9. The quantitative estimate of drug-likeness (QED) is 0.511. The van der Waals surface area contributed by atoms with Crippen molar-refractivity contribution in [2.45, 2.75) is 6.54 Å². The van der Waals surface area contributed by atoms with Gasteiger partial charge in [-0.25, -0.2) is 4.39 Å². The van der Waals surface area contributed by atoms with Crippen molar-refractivity contribution in [2.24, 2.45) is 0 Å². The molecule has 0 radical (unpaired) electrons. The molecule has 2 aromatic carbocycles. The van der Waals surface area contributed by atoms with E-state index in [1.165, 1.54) is 12.1 Å². The van der Waals surface area contributed by atoms with Crippen molar-refractivity contribution in [3.05, 3.63) is 75.1 Å². The fourth-order valence-corrected chi connectivity index (χ4v) is 2.94. The van der Waals surface area contributed by atoms with Crippen LogP contribution in [0.25, 0.3) is 0 Å². The lowest BCUT2D eigenvalue weighted by molar-refractivity contribution is 0.619. The van der Waals surface area contributed by atoms with Gasteiger partial charge in [0, 0.05) is 11.9 Å². The SMILES string of the molecule is Fc1cccc(Cn2cc(Cl)c(NC(=S)Nc3ccc(Cl)c(Cl)c3)n2)c1. The van der Waals surface area contributed by atoms with Crippen LogP contribution < -0.4 is 10.6 Å². The van der Waals surface area contributed by atoms with Gasteiger partial charge in [0.05, 0.1) is 16.6 Å². The summed E-state index contributed by atoms with van der Waals surface area (Å²) in [5.41, 5.74) is 1.44. The minimum atomic E-state index is -0.300. The molecule has 1 heterocycles. The van der Waals surface area contributed by atoms with Gasteiger partial charge in [-0.05, 0) is 48.1 Å². The van der Waals surface area contributed by atoms with Crippen LogP contribution in [0.15, 0.2) is 48.7 Å². The molecule has 0 saturated heterocycles. The van der Waals surface area contributed by atoms with E-state index in [-0.39, 0.29) is 5.82 Å². The summed E-state index contributed by atoms with van der Waals surface area (Å²) in [7, 11) is 0. The van der Waals surface area contributed by atoms with Crippen LogP contribution in [-0.4, -0.2) is 14.9 Å². The van der Waals surface area contributed by atoms with E-state index in [0.717, 1.165) is 5.56 Å². The number of nitrogens with one attached hydrogen (secondary N) is 2. The van der Waals surface area contributed by atoms with E-state index in [2.05, 4.69) is 15.7 Å². The molecule has 3 rings (SSSR count). The summed E-state index contributed by atoms with van der Waals surface area (Å²) in [5.74, 6) is 0.0896. The van der Waals surface area contributed by atoms with E-state index >= 15 is 0 Å². The van der Waals surface area contributed by atoms with Gasteiger partial charge < -0.3 is 10.6 Å². The topological polar surface area (TPSA) is 41.9 Å². The van der Waals surface area contributed by atoms with E-state index in [4.69, 9.17) is 47.0 Å². The molecular weight excluding hydrogens is 418 g/mol. The summed E-state index contributed by atoms with van der Waals surface area (Å²) in [6, 6.07) is 11.3. The first-order valence-electron chi connectivity index (χ1n) is 7.41. The van der Waals surface area contributed by atoms with Gasteiger partial charge in [-0.15, -0.1) is 0 Å². The third kappa shape index (κ3) is 4.86. The van der Waals surface area contributed by atoms with Crippen LogP contribution in [0.2, 0.25) is 15.1 Å². The highest BCUT2D eigenvalue weighted by Crippen LogP contribution is 2.25. The molecule has 9 heteroatoms. The molecule has 0 aliphatic carbocycles. The molecule has 4 nitrogen and oxygen atoms in total. The number of thiocarbonyl (C=S) groups is 1. The molecule has 0 aliphatic heterocycles. The van der Waals surface area contributed by atoms with E-state index in [0.29, 0.717) is 38.2 Å². The van der Waals surface area contributed by atoms with Crippen LogP contribution in [0, 0.1) is 5.82 Å². The minimum Gasteiger partial charge on any atom is -0.332 e. The number of hydrogen-bond donors (Lipinski definition) is 2. The van der Waals surface area contributed by atoms with Crippen LogP contribution in [-0.2, 0) is 6.54 Å². The van der Waals surface area contributed by atoms with E-state index < -0.39 is 0 Å². The summed E-state index contributed by atoms with van der Waals surface area (Å²) >= 11 is 23.3. The summed E-state index contributed by atoms with van der Waals surface area (Å²) in [5, 5.41) is 11.8. The molecular formula is C17H12Cl3FN4S. The summed E-state index contributed by atoms with van der Waals surface area (Å²) in [6.07, 6.45) is 1.64. The van der Waals surface area contributed by atoms with Crippen molar-refractivity contribution < 1.29 is 4.39 Å². The Kier molecular flexibility index (Phi) is 5.98. The zero-order valence-corrected chi connectivity index (χ0v) is 16.2. The number of nitrogens with zero attached hydrogens (tertiary/aromatic N) is 2. The number of benzene rings is 2. The molecule has 0 spiro atoms. The third-order valence-corrected chi connectivity index (χ3v) is 4.58. The maximum atomic E-state index is 13.3. The predicted molar refractivity (Wildman–Crippen MR) is 109 cm³/mol. The van der Waals surface area contributed by atoms with Crippen molar-refractivity contribution in [3.63, 3.8) is 0 Å². The Bertz CT molecular complexity index is 961. The van der Waals surface area contributed by atoms with E-state index in [1.807, 2.05) is 6.07 Å². The average molecular weight is 430 g/mol. The number of halogens is 4. The van der Waals surface area contributed by atoms with Gasteiger partial charge in [0.2, 0.25) is 0 Å². The van der Waals surface area contributed by atoms with Gasteiger partial charge in [-0.1, -0.05) is 46.9 Å². The van der Waals surface area contributed by atoms with Gasteiger partial charge >= 0.3 is 0 Å². The average Bonchev–Trinajstić information content (AvgIpc) is 2.90. The van der Waals surface area contributed by atoms with E-state index in [1.54, 1.807) is 35.1 Å². The highest BCUT2D eigenvalue weighted by molar-refractivity contribution is 7.80. The maximum Gasteiger partial charge on any atom is 0.176 e. The Morgan fingerprint density at radius 3 is 2.58 bits per heavy atom. The van der Waals surface area contributed by atoms with Crippen LogP contribution in [0.3, 0.4) is 0 Å². The first kappa shape index (κ1) is 18.9. The van der Waals surface area contributed by atoms with Crippen molar-refractivity contribution in [3.8, 4) is 0 Å². The molecule has 1 aromatic heterocycles. The van der Waals surface area contributed by atoms with Crippen molar-refractivity contribution in [1.82, 2.24) is 9.78 Å². The zero-order chi connectivity index (χ0) is 18.7. The lowest BCUT2D eigenvalue weighted by Gasteiger charge is -2.09. The van der Waals surface area contributed by atoms with Gasteiger partial charge in [0.25, 0.3) is 0 Å². The Balaban J connectivity index is 1.67. The molecule has 0 atom stereocenters. The highest BCUT2D eigenvalue weighted by Gasteiger charge is 2.10. The minimum absolute atomic E-state index is 0.293. The Morgan fingerprint density at radius 1 is 1.04 bits per heavy atom. The van der Waals surface area contributed by atoms with Gasteiger partial charge in [0.15, 0.2) is 10.9 Å². The molecule has 134 valence electrons.